The Balaban J connectivity index is 2.01. The maximum absolute atomic E-state index is 9.91. The maximum Gasteiger partial charge on any atom is 0.124 e. The van der Waals surface area contributed by atoms with E-state index in [9.17, 15) is 5.11 Å². The van der Waals surface area contributed by atoms with Gasteiger partial charge in [-0.1, -0.05) is 35.4 Å². The molecule has 2 aromatic carbocycles. The van der Waals surface area contributed by atoms with Crippen LogP contribution in [0.4, 0.5) is 0 Å². The van der Waals surface area contributed by atoms with Gasteiger partial charge < -0.3 is 14.6 Å². The summed E-state index contributed by atoms with van der Waals surface area (Å²) in [6.45, 7) is 9.22. The minimum absolute atomic E-state index is 0.187. The van der Waals surface area contributed by atoms with E-state index in [2.05, 4.69) is 13.8 Å². The molecule has 0 atom stereocenters. The van der Waals surface area contributed by atoms with Crippen LogP contribution < -0.4 is 9.47 Å². The number of hydrogen-bond donors (Lipinski definition) is 1. The van der Waals surface area contributed by atoms with Crippen molar-refractivity contribution in [1.29, 1.82) is 0 Å². The summed E-state index contributed by atoms with van der Waals surface area (Å²) in [5.74, 6) is 1.68. The molecule has 0 bridgehead atoms. The normalized spacial score (nSPS) is 10.5. The molecule has 0 fully saturated rings. The van der Waals surface area contributed by atoms with E-state index < -0.39 is 0 Å². The standard InChI is InChI=1S/C24H28O3/c1-18(2)11-13-26-23-9-7-20(8-10-23)5-6-21-15-22(25)17-24(16-21)27-14-12-19(3)4/h5-12,15-17,25H,13-14H2,1-4H3/b6-5+. The van der Waals surface area contributed by atoms with Gasteiger partial charge in [-0.15, -0.1) is 0 Å². The van der Waals surface area contributed by atoms with Gasteiger partial charge in [0.25, 0.3) is 0 Å². The average Bonchev–Trinajstić information content (AvgIpc) is 2.60. The molecule has 0 aromatic heterocycles. The molecule has 2 rings (SSSR count). The summed E-state index contributed by atoms with van der Waals surface area (Å²) in [7, 11) is 0. The topological polar surface area (TPSA) is 38.7 Å². The van der Waals surface area contributed by atoms with Crippen LogP contribution in [0, 0.1) is 0 Å². The second-order valence-electron chi connectivity index (χ2n) is 6.85. The molecular weight excluding hydrogens is 336 g/mol. The quantitative estimate of drug-likeness (QED) is 0.444. The van der Waals surface area contributed by atoms with Crippen LogP contribution in [0.5, 0.6) is 17.2 Å². The Bertz CT molecular complexity index is 819. The molecule has 3 heteroatoms. The van der Waals surface area contributed by atoms with Crippen LogP contribution in [0.15, 0.2) is 65.8 Å². The van der Waals surface area contributed by atoms with Gasteiger partial charge in [0.05, 0.1) is 0 Å². The Labute approximate surface area is 162 Å². The van der Waals surface area contributed by atoms with Gasteiger partial charge in [0, 0.05) is 6.07 Å². The zero-order chi connectivity index (χ0) is 19.6. The summed E-state index contributed by atoms with van der Waals surface area (Å²) in [6, 6.07) is 13.2. The minimum Gasteiger partial charge on any atom is -0.508 e. The highest BCUT2D eigenvalue weighted by Crippen LogP contribution is 2.24. The van der Waals surface area contributed by atoms with Gasteiger partial charge in [-0.05, 0) is 75.2 Å². The number of rotatable bonds is 8. The van der Waals surface area contributed by atoms with E-state index in [0.29, 0.717) is 19.0 Å². The van der Waals surface area contributed by atoms with Crippen LogP contribution in [0.3, 0.4) is 0 Å². The zero-order valence-electron chi connectivity index (χ0n) is 16.5. The van der Waals surface area contributed by atoms with Gasteiger partial charge in [-0.2, -0.15) is 0 Å². The van der Waals surface area contributed by atoms with Crippen LogP contribution >= 0.6 is 0 Å². The predicted octanol–water partition coefficient (Wildman–Crippen LogP) is 6.25. The van der Waals surface area contributed by atoms with Crippen molar-refractivity contribution in [3.8, 4) is 17.2 Å². The van der Waals surface area contributed by atoms with Crippen molar-refractivity contribution in [2.24, 2.45) is 0 Å². The van der Waals surface area contributed by atoms with Crippen LogP contribution in [0.1, 0.15) is 38.8 Å². The number of ether oxygens (including phenoxy) is 2. The Morgan fingerprint density at radius 2 is 1.30 bits per heavy atom. The third-order valence-electron chi connectivity index (χ3n) is 3.75. The third kappa shape index (κ3) is 7.87. The summed E-state index contributed by atoms with van der Waals surface area (Å²) in [5, 5.41) is 9.91. The van der Waals surface area contributed by atoms with Gasteiger partial charge in [-0.25, -0.2) is 0 Å². The van der Waals surface area contributed by atoms with Gasteiger partial charge >= 0.3 is 0 Å². The molecule has 1 N–H and O–H groups in total. The SMILES string of the molecule is CC(C)=CCOc1ccc(/C=C/c2cc(O)cc(OCC=C(C)C)c2)cc1. The first-order valence-electron chi connectivity index (χ1n) is 9.07. The highest BCUT2D eigenvalue weighted by Gasteiger charge is 1.99. The summed E-state index contributed by atoms with van der Waals surface area (Å²) in [6.07, 6.45) is 7.99. The number of benzene rings is 2. The van der Waals surface area contributed by atoms with Crippen molar-refractivity contribution in [2.75, 3.05) is 13.2 Å². The second kappa shape index (κ2) is 10.3. The molecule has 3 nitrogen and oxygen atoms in total. The molecule has 0 radical (unpaired) electrons. The molecule has 0 amide bonds. The lowest BCUT2D eigenvalue weighted by molar-refractivity contribution is 0.358. The summed E-state index contributed by atoms with van der Waals surface area (Å²) < 4.78 is 11.3. The van der Waals surface area contributed by atoms with Crippen molar-refractivity contribution in [3.05, 3.63) is 76.9 Å². The number of phenolic OH excluding ortho intramolecular Hbond substituents is 1. The first kappa shape index (κ1) is 20.4. The van der Waals surface area contributed by atoms with Crippen LogP contribution in [-0.4, -0.2) is 18.3 Å². The lowest BCUT2D eigenvalue weighted by atomic mass is 10.1. The zero-order valence-corrected chi connectivity index (χ0v) is 16.5. The van der Waals surface area contributed by atoms with Crippen LogP contribution in [0.2, 0.25) is 0 Å². The molecule has 0 saturated heterocycles. The Morgan fingerprint density at radius 1 is 0.741 bits per heavy atom. The van der Waals surface area contributed by atoms with Crippen LogP contribution in [0.25, 0.3) is 12.2 Å². The average molecular weight is 364 g/mol. The molecule has 0 aliphatic heterocycles. The molecule has 27 heavy (non-hydrogen) atoms. The lowest BCUT2D eigenvalue weighted by Crippen LogP contribution is -1.94. The van der Waals surface area contributed by atoms with E-state index in [0.717, 1.165) is 16.9 Å². The van der Waals surface area contributed by atoms with Gasteiger partial charge in [-0.3, -0.25) is 0 Å². The van der Waals surface area contributed by atoms with E-state index in [4.69, 9.17) is 9.47 Å². The van der Waals surface area contributed by atoms with E-state index >= 15 is 0 Å². The fourth-order valence-corrected chi connectivity index (χ4v) is 2.26. The number of allylic oxidation sites excluding steroid dienone is 2. The first-order valence-corrected chi connectivity index (χ1v) is 9.07. The molecule has 0 spiro atoms. The Morgan fingerprint density at radius 3 is 1.89 bits per heavy atom. The molecule has 0 unspecified atom stereocenters. The maximum atomic E-state index is 9.91. The van der Waals surface area contributed by atoms with Gasteiger partial charge in [0.15, 0.2) is 0 Å². The van der Waals surface area contributed by atoms with E-state index in [1.165, 1.54) is 11.1 Å². The van der Waals surface area contributed by atoms with Crippen molar-refractivity contribution in [1.82, 2.24) is 0 Å². The fourth-order valence-electron chi connectivity index (χ4n) is 2.26. The van der Waals surface area contributed by atoms with E-state index in [1.54, 1.807) is 12.1 Å². The molecule has 0 aliphatic carbocycles. The highest BCUT2D eigenvalue weighted by atomic mass is 16.5. The summed E-state index contributed by atoms with van der Waals surface area (Å²) in [5.41, 5.74) is 4.37. The van der Waals surface area contributed by atoms with E-state index in [-0.39, 0.29) is 5.75 Å². The predicted molar refractivity (Wildman–Crippen MR) is 113 cm³/mol. The molecule has 0 heterocycles. The monoisotopic (exact) mass is 364 g/mol. The Kier molecular flexibility index (Phi) is 7.75. The Hall–Kier alpha value is -2.94. The number of phenols is 1. The minimum atomic E-state index is 0.187. The molecular formula is C24H28O3. The van der Waals surface area contributed by atoms with Crippen molar-refractivity contribution < 1.29 is 14.6 Å². The highest BCUT2D eigenvalue weighted by molar-refractivity contribution is 5.71. The third-order valence-corrected chi connectivity index (χ3v) is 3.75. The van der Waals surface area contributed by atoms with Gasteiger partial charge in [0.1, 0.15) is 30.5 Å². The number of hydrogen-bond acceptors (Lipinski definition) is 3. The summed E-state index contributed by atoms with van der Waals surface area (Å²) >= 11 is 0. The largest absolute Gasteiger partial charge is 0.508 e. The first-order chi connectivity index (χ1) is 12.9. The molecule has 2 aromatic rings. The lowest BCUT2D eigenvalue weighted by Gasteiger charge is -2.06. The fraction of sp³-hybridized carbons (Fsp3) is 0.250. The van der Waals surface area contributed by atoms with Crippen LogP contribution in [-0.2, 0) is 0 Å². The smallest absolute Gasteiger partial charge is 0.124 e. The van der Waals surface area contributed by atoms with Crippen molar-refractivity contribution in [3.63, 3.8) is 0 Å². The van der Waals surface area contributed by atoms with Gasteiger partial charge in [0.2, 0.25) is 0 Å². The molecule has 0 saturated carbocycles. The molecule has 142 valence electrons. The molecule has 0 aliphatic rings. The second-order valence-corrected chi connectivity index (χ2v) is 6.85. The summed E-state index contributed by atoms with van der Waals surface area (Å²) in [4.78, 5) is 0. The van der Waals surface area contributed by atoms with Crippen molar-refractivity contribution in [2.45, 2.75) is 27.7 Å². The van der Waals surface area contributed by atoms with E-state index in [1.807, 2.05) is 68.5 Å². The van der Waals surface area contributed by atoms with Crippen molar-refractivity contribution >= 4 is 12.2 Å². The number of aromatic hydroxyl groups is 1.